The first-order valence-electron chi connectivity index (χ1n) is 9.82. The Labute approximate surface area is 156 Å². The van der Waals surface area contributed by atoms with E-state index in [1.165, 1.54) is 42.5 Å². The highest BCUT2D eigenvalue weighted by Gasteiger charge is 2.12. The predicted molar refractivity (Wildman–Crippen MR) is 104 cm³/mol. The van der Waals surface area contributed by atoms with Crippen LogP contribution in [0.25, 0.3) is 0 Å². The van der Waals surface area contributed by atoms with Gasteiger partial charge in [0.05, 0.1) is 6.61 Å². The summed E-state index contributed by atoms with van der Waals surface area (Å²) in [7, 11) is 0. The second kappa shape index (κ2) is 10.9. The molecular weight excluding hydrogens is 330 g/mol. The Morgan fingerprint density at radius 3 is 1.81 bits per heavy atom. The third-order valence-electron chi connectivity index (χ3n) is 4.60. The molecule has 0 saturated carbocycles. The van der Waals surface area contributed by atoms with Crippen LogP contribution >= 0.6 is 0 Å². The highest BCUT2D eigenvalue weighted by molar-refractivity contribution is 5.32. The standard InChI is InChI=1S/C23H30F2O/c1-3-5-7-8-18-9-11-19(12-10-18)13-14-20-16-21(24)23(22(25)17-20)26-15-6-4-2/h9-12,16-17H,3-8,13-15H2,1-2H3. The first kappa shape index (κ1) is 20.4. The molecule has 142 valence electrons. The highest BCUT2D eigenvalue weighted by atomic mass is 19.1. The summed E-state index contributed by atoms with van der Waals surface area (Å²) in [6.07, 6.45) is 7.92. The van der Waals surface area contributed by atoms with Crippen molar-refractivity contribution in [3.63, 3.8) is 0 Å². The summed E-state index contributed by atoms with van der Waals surface area (Å²) in [4.78, 5) is 0. The largest absolute Gasteiger partial charge is 0.488 e. The Bertz CT molecular complexity index is 641. The maximum absolute atomic E-state index is 14.1. The molecule has 0 unspecified atom stereocenters. The molecule has 0 heterocycles. The lowest BCUT2D eigenvalue weighted by Crippen LogP contribution is -2.03. The van der Waals surface area contributed by atoms with Gasteiger partial charge in [-0.1, -0.05) is 57.4 Å². The number of halogens is 2. The molecule has 3 heteroatoms. The van der Waals surface area contributed by atoms with Gasteiger partial charge < -0.3 is 4.74 Å². The molecule has 2 aromatic carbocycles. The van der Waals surface area contributed by atoms with Crippen LogP contribution in [-0.2, 0) is 19.3 Å². The van der Waals surface area contributed by atoms with E-state index >= 15 is 0 Å². The maximum Gasteiger partial charge on any atom is 0.190 e. The van der Waals surface area contributed by atoms with Crippen molar-refractivity contribution in [1.82, 2.24) is 0 Å². The third kappa shape index (κ3) is 6.44. The second-order valence-electron chi connectivity index (χ2n) is 6.86. The molecule has 2 aromatic rings. The summed E-state index contributed by atoms with van der Waals surface area (Å²) in [5.74, 6) is -1.47. The molecular formula is C23H30F2O. The highest BCUT2D eigenvalue weighted by Crippen LogP contribution is 2.24. The van der Waals surface area contributed by atoms with Gasteiger partial charge >= 0.3 is 0 Å². The van der Waals surface area contributed by atoms with E-state index < -0.39 is 11.6 Å². The van der Waals surface area contributed by atoms with Crippen molar-refractivity contribution >= 4 is 0 Å². The molecule has 0 aromatic heterocycles. The van der Waals surface area contributed by atoms with Gasteiger partial charge in [-0.25, -0.2) is 8.78 Å². The minimum Gasteiger partial charge on any atom is -0.488 e. The summed E-state index contributed by atoms with van der Waals surface area (Å²) in [5.41, 5.74) is 3.20. The van der Waals surface area contributed by atoms with E-state index in [2.05, 4.69) is 31.2 Å². The Morgan fingerprint density at radius 1 is 0.692 bits per heavy atom. The number of hydrogen-bond acceptors (Lipinski definition) is 1. The van der Waals surface area contributed by atoms with Gasteiger partial charge in [0.1, 0.15) is 0 Å². The third-order valence-corrected chi connectivity index (χ3v) is 4.60. The minimum absolute atomic E-state index is 0.251. The number of aryl methyl sites for hydroxylation is 3. The average Bonchev–Trinajstić information content (AvgIpc) is 2.63. The van der Waals surface area contributed by atoms with Crippen LogP contribution in [0.15, 0.2) is 36.4 Å². The zero-order valence-electron chi connectivity index (χ0n) is 16.0. The van der Waals surface area contributed by atoms with Crippen LogP contribution in [0, 0.1) is 11.6 Å². The summed E-state index contributed by atoms with van der Waals surface area (Å²) < 4.78 is 33.4. The van der Waals surface area contributed by atoms with Crippen LogP contribution in [0.2, 0.25) is 0 Å². The van der Waals surface area contributed by atoms with Crippen LogP contribution in [-0.4, -0.2) is 6.61 Å². The number of rotatable bonds is 11. The minimum atomic E-state index is -0.609. The van der Waals surface area contributed by atoms with E-state index in [4.69, 9.17) is 4.74 Å². The van der Waals surface area contributed by atoms with Crippen molar-refractivity contribution < 1.29 is 13.5 Å². The number of hydrogen-bond donors (Lipinski definition) is 0. The van der Waals surface area contributed by atoms with Crippen molar-refractivity contribution in [1.29, 1.82) is 0 Å². The first-order chi connectivity index (χ1) is 12.6. The van der Waals surface area contributed by atoms with E-state index in [9.17, 15) is 8.78 Å². The quantitative estimate of drug-likeness (QED) is 0.407. The van der Waals surface area contributed by atoms with E-state index in [0.717, 1.165) is 25.7 Å². The van der Waals surface area contributed by atoms with Gasteiger partial charge in [-0.05, 0) is 60.9 Å². The smallest absolute Gasteiger partial charge is 0.190 e. The molecule has 1 nitrogen and oxygen atoms in total. The van der Waals surface area contributed by atoms with Crippen molar-refractivity contribution in [3.8, 4) is 5.75 Å². The second-order valence-corrected chi connectivity index (χ2v) is 6.86. The molecule has 0 aliphatic heterocycles. The van der Waals surface area contributed by atoms with Crippen molar-refractivity contribution in [2.75, 3.05) is 6.61 Å². The fourth-order valence-electron chi connectivity index (χ4n) is 2.95. The first-order valence-corrected chi connectivity index (χ1v) is 9.82. The summed E-state index contributed by atoms with van der Waals surface area (Å²) in [6.45, 7) is 4.56. The molecule has 0 aliphatic carbocycles. The molecule has 0 bridgehead atoms. The van der Waals surface area contributed by atoms with Crippen molar-refractivity contribution in [2.24, 2.45) is 0 Å². The van der Waals surface area contributed by atoms with Crippen LogP contribution in [0.4, 0.5) is 8.78 Å². The maximum atomic E-state index is 14.1. The van der Waals surface area contributed by atoms with Crippen LogP contribution in [0.5, 0.6) is 5.75 Å². The SMILES string of the molecule is CCCCCc1ccc(CCc2cc(F)c(OCCCC)c(F)c2)cc1. The molecule has 0 saturated heterocycles. The lowest BCUT2D eigenvalue weighted by Gasteiger charge is -2.10. The molecule has 0 atom stereocenters. The zero-order valence-corrected chi connectivity index (χ0v) is 16.0. The molecule has 0 N–H and O–H groups in total. The summed E-state index contributed by atoms with van der Waals surface area (Å²) in [5, 5.41) is 0. The predicted octanol–water partition coefficient (Wildman–Crippen LogP) is 6.66. The molecule has 0 radical (unpaired) electrons. The topological polar surface area (TPSA) is 9.23 Å². The lowest BCUT2D eigenvalue weighted by molar-refractivity contribution is 0.278. The van der Waals surface area contributed by atoms with Crippen LogP contribution in [0.1, 0.15) is 62.6 Å². The Kier molecular flexibility index (Phi) is 8.60. The molecule has 26 heavy (non-hydrogen) atoms. The molecule has 0 fully saturated rings. The van der Waals surface area contributed by atoms with Gasteiger partial charge in [0.25, 0.3) is 0 Å². The normalized spacial score (nSPS) is 10.9. The molecule has 0 aliphatic rings. The molecule has 2 rings (SSSR count). The monoisotopic (exact) mass is 360 g/mol. The number of unbranched alkanes of at least 4 members (excludes halogenated alkanes) is 3. The summed E-state index contributed by atoms with van der Waals surface area (Å²) in [6, 6.07) is 11.4. The van der Waals surface area contributed by atoms with Gasteiger partial charge in [0.15, 0.2) is 17.4 Å². The van der Waals surface area contributed by atoms with Crippen LogP contribution < -0.4 is 4.74 Å². The Hall–Kier alpha value is -1.90. The van der Waals surface area contributed by atoms with Gasteiger partial charge in [-0.3, -0.25) is 0 Å². The average molecular weight is 360 g/mol. The number of ether oxygens (including phenoxy) is 1. The lowest BCUT2D eigenvalue weighted by atomic mass is 10.0. The van der Waals surface area contributed by atoms with Gasteiger partial charge in [0.2, 0.25) is 0 Å². The Morgan fingerprint density at radius 2 is 1.23 bits per heavy atom. The van der Waals surface area contributed by atoms with E-state index in [-0.39, 0.29) is 5.75 Å². The number of benzene rings is 2. The van der Waals surface area contributed by atoms with Gasteiger partial charge in [-0.15, -0.1) is 0 Å². The van der Waals surface area contributed by atoms with E-state index in [1.54, 1.807) is 0 Å². The van der Waals surface area contributed by atoms with Crippen molar-refractivity contribution in [2.45, 2.75) is 65.2 Å². The fourth-order valence-corrected chi connectivity index (χ4v) is 2.95. The van der Waals surface area contributed by atoms with Gasteiger partial charge in [0, 0.05) is 0 Å². The van der Waals surface area contributed by atoms with E-state index in [1.807, 2.05) is 6.92 Å². The summed E-state index contributed by atoms with van der Waals surface area (Å²) >= 11 is 0. The van der Waals surface area contributed by atoms with Crippen molar-refractivity contribution in [3.05, 3.63) is 64.7 Å². The van der Waals surface area contributed by atoms with Crippen LogP contribution in [0.3, 0.4) is 0 Å². The zero-order chi connectivity index (χ0) is 18.8. The Balaban J connectivity index is 1.90. The van der Waals surface area contributed by atoms with E-state index in [0.29, 0.717) is 18.6 Å². The van der Waals surface area contributed by atoms with Gasteiger partial charge in [-0.2, -0.15) is 0 Å². The molecule has 0 spiro atoms. The molecule has 0 amide bonds. The fraction of sp³-hybridized carbons (Fsp3) is 0.478.